The molecule has 0 radical (unpaired) electrons. The van der Waals surface area contributed by atoms with Gasteiger partial charge in [0.1, 0.15) is 22.9 Å². The standard InChI is InChI=1S/C25H26ClN3O5S/c1-2-3-11-34-18-7-4-15(5-8-18)24-21-22(19-13-16(26)6-9-20(19)30)27-28-23(21)25(31)29(24)17-10-12-35(32,33)14-17/h4-9,13,17,24,30H,2-3,10-12,14H2,1H3,(H,27,28). The number of unbranched alkanes of at least 4 members (excludes halogenated alkanes) is 1. The Morgan fingerprint density at radius 3 is 2.69 bits per heavy atom. The Morgan fingerprint density at radius 2 is 2.00 bits per heavy atom. The fraction of sp³-hybridized carbons (Fsp3) is 0.360. The Bertz CT molecular complexity index is 1370. The molecule has 8 nitrogen and oxygen atoms in total. The summed E-state index contributed by atoms with van der Waals surface area (Å²) in [4.78, 5) is 15.2. The van der Waals surface area contributed by atoms with Crippen molar-refractivity contribution in [1.82, 2.24) is 15.1 Å². The third-order valence-corrected chi connectivity index (χ3v) is 8.57. The number of hydrogen-bond donors (Lipinski definition) is 2. The zero-order chi connectivity index (χ0) is 24.7. The van der Waals surface area contributed by atoms with Gasteiger partial charge in [-0.25, -0.2) is 8.42 Å². The van der Waals surface area contributed by atoms with Crippen LogP contribution < -0.4 is 4.74 Å². The molecule has 0 aliphatic carbocycles. The number of carbonyl (C=O) groups excluding carboxylic acids is 1. The molecule has 5 rings (SSSR count). The molecular formula is C25H26ClN3O5S. The van der Waals surface area contributed by atoms with Crippen molar-refractivity contribution in [3.63, 3.8) is 0 Å². The lowest BCUT2D eigenvalue weighted by atomic mass is 9.95. The van der Waals surface area contributed by atoms with Crippen LogP contribution in [0, 0.1) is 0 Å². The van der Waals surface area contributed by atoms with E-state index in [1.54, 1.807) is 17.0 Å². The second kappa shape index (κ2) is 9.20. The van der Waals surface area contributed by atoms with Gasteiger partial charge in [-0.3, -0.25) is 9.89 Å². The summed E-state index contributed by atoms with van der Waals surface area (Å²) in [6, 6.07) is 11.1. The molecule has 1 aromatic heterocycles. The Kier molecular flexibility index (Phi) is 6.23. The van der Waals surface area contributed by atoms with E-state index >= 15 is 0 Å². The summed E-state index contributed by atoms with van der Waals surface area (Å²) >= 11 is 6.19. The van der Waals surface area contributed by atoms with E-state index in [0.29, 0.717) is 34.9 Å². The van der Waals surface area contributed by atoms with Gasteiger partial charge in [0, 0.05) is 22.2 Å². The van der Waals surface area contributed by atoms with E-state index in [4.69, 9.17) is 16.3 Å². The quantitative estimate of drug-likeness (QED) is 0.452. The van der Waals surface area contributed by atoms with Crippen LogP contribution in [-0.2, 0) is 9.84 Å². The normalized spacial score (nSPS) is 20.9. The highest BCUT2D eigenvalue weighted by molar-refractivity contribution is 7.91. The predicted octanol–water partition coefficient (Wildman–Crippen LogP) is 4.35. The summed E-state index contributed by atoms with van der Waals surface area (Å²) in [5.74, 6) is 0.365. The van der Waals surface area contributed by atoms with Crippen molar-refractivity contribution in [3.8, 4) is 22.8 Å². The summed E-state index contributed by atoms with van der Waals surface area (Å²) in [5, 5.41) is 18.1. The Morgan fingerprint density at radius 1 is 1.23 bits per heavy atom. The number of fused-ring (bicyclic) bond motifs is 1. The van der Waals surface area contributed by atoms with Gasteiger partial charge in [-0.05, 0) is 48.7 Å². The lowest BCUT2D eigenvalue weighted by Gasteiger charge is -2.31. The van der Waals surface area contributed by atoms with Crippen molar-refractivity contribution < 1.29 is 23.1 Å². The number of halogens is 1. The lowest BCUT2D eigenvalue weighted by Crippen LogP contribution is -2.40. The second-order valence-electron chi connectivity index (χ2n) is 8.97. The largest absolute Gasteiger partial charge is 0.507 e. The lowest BCUT2D eigenvalue weighted by molar-refractivity contribution is 0.0677. The smallest absolute Gasteiger partial charge is 0.273 e. The van der Waals surface area contributed by atoms with Crippen molar-refractivity contribution in [1.29, 1.82) is 0 Å². The van der Waals surface area contributed by atoms with E-state index in [0.717, 1.165) is 24.2 Å². The van der Waals surface area contributed by atoms with Crippen LogP contribution in [0.15, 0.2) is 42.5 Å². The number of aromatic amines is 1. The van der Waals surface area contributed by atoms with Gasteiger partial charge in [0.2, 0.25) is 0 Å². The number of sulfone groups is 1. The number of phenolic OH excluding ortho intramolecular Hbond substituents is 1. The van der Waals surface area contributed by atoms with Gasteiger partial charge in [0.05, 0.1) is 24.2 Å². The third-order valence-electron chi connectivity index (χ3n) is 6.58. The summed E-state index contributed by atoms with van der Waals surface area (Å²) in [5.41, 5.74) is 2.49. The van der Waals surface area contributed by atoms with Gasteiger partial charge in [0.25, 0.3) is 5.91 Å². The number of H-pyrrole nitrogens is 1. The first-order valence-electron chi connectivity index (χ1n) is 11.6. The van der Waals surface area contributed by atoms with E-state index in [-0.39, 0.29) is 28.9 Å². The zero-order valence-electron chi connectivity index (χ0n) is 19.2. The fourth-order valence-electron chi connectivity index (χ4n) is 4.85. The molecule has 1 fully saturated rings. The number of benzene rings is 2. The van der Waals surface area contributed by atoms with E-state index in [1.165, 1.54) is 6.07 Å². The van der Waals surface area contributed by atoms with Gasteiger partial charge < -0.3 is 14.7 Å². The highest BCUT2D eigenvalue weighted by Gasteiger charge is 2.48. The van der Waals surface area contributed by atoms with Crippen LogP contribution in [0.4, 0.5) is 0 Å². The Labute approximate surface area is 208 Å². The molecule has 2 N–H and O–H groups in total. The molecule has 2 atom stereocenters. The SMILES string of the molecule is CCCCOc1ccc(C2c3c(-c4cc(Cl)ccc4O)n[nH]c3C(=O)N2C2CCS(=O)(=O)C2)cc1. The van der Waals surface area contributed by atoms with E-state index in [9.17, 15) is 18.3 Å². The van der Waals surface area contributed by atoms with Gasteiger partial charge in [-0.1, -0.05) is 37.1 Å². The number of amides is 1. The molecule has 10 heteroatoms. The molecule has 3 aromatic rings. The van der Waals surface area contributed by atoms with Gasteiger partial charge in [-0.2, -0.15) is 5.10 Å². The fourth-order valence-corrected chi connectivity index (χ4v) is 6.73. The zero-order valence-corrected chi connectivity index (χ0v) is 20.8. The van der Waals surface area contributed by atoms with E-state index < -0.39 is 21.9 Å². The van der Waals surface area contributed by atoms with Gasteiger partial charge >= 0.3 is 0 Å². The molecule has 35 heavy (non-hydrogen) atoms. The number of phenols is 1. The first-order chi connectivity index (χ1) is 16.8. The highest BCUT2D eigenvalue weighted by Crippen LogP contribution is 2.47. The number of rotatable bonds is 7. The monoisotopic (exact) mass is 515 g/mol. The van der Waals surface area contributed by atoms with Gasteiger partial charge in [0.15, 0.2) is 9.84 Å². The minimum absolute atomic E-state index is 0.0172. The van der Waals surface area contributed by atoms with Crippen LogP contribution >= 0.6 is 11.6 Å². The minimum atomic E-state index is -3.22. The number of hydrogen-bond acceptors (Lipinski definition) is 6. The highest BCUT2D eigenvalue weighted by atomic mass is 35.5. The molecule has 2 unspecified atom stereocenters. The molecule has 0 bridgehead atoms. The summed E-state index contributed by atoms with van der Waals surface area (Å²) in [7, 11) is -3.22. The molecule has 1 amide bonds. The number of nitrogens with one attached hydrogen (secondary N) is 1. The summed E-state index contributed by atoms with van der Waals surface area (Å²) < 4.78 is 30.3. The molecule has 1 saturated heterocycles. The first-order valence-corrected chi connectivity index (χ1v) is 13.8. The molecule has 2 aliphatic heterocycles. The van der Waals surface area contributed by atoms with Crippen LogP contribution in [0.25, 0.3) is 11.3 Å². The van der Waals surface area contributed by atoms with Crippen molar-refractivity contribution in [2.24, 2.45) is 0 Å². The van der Waals surface area contributed by atoms with Crippen molar-refractivity contribution in [2.75, 3.05) is 18.1 Å². The number of carbonyl (C=O) groups is 1. The molecular weight excluding hydrogens is 490 g/mol. The van der Waals surface area contributed by atoms with E-state index in [1.807, 2.05) is 24.3 Å². The number of ether oxygens (including phenoxy) is 1. The van der Waals surface area contributed by atoms with Crippen LogP contribution in [0.3, 0.4) is 0 Å². The average molecular weight is 516 g/mol. The van der Waals surface area contributed by atoms with Crippen LogP contribution in [0.2, 0.25) is 5.02 Å². The maximum atomic E-state index is 13.6. The minimum Gasteiger partial charge on any atom is -0.507 e. The van der Waals surface area contributed by atoms with Crippen molar-refractivity contribution >= 4 is 27.3 Å². The molecule has 3 heterocycles. The number of aromatic nitrogens is 2. The maximum absolute atomic E-state index is 13.6. The van der Waals surface area contributed by atoms with Gasteiger partial charge in [-0.15, -0.1) is 0 Å². The number of aromatic hydroxyl groups is 1. The maximum Gasteiger partial charge on any atom is 0.273 e. The molecule has 0 spiro atoms. The third kappa shape index (κ3) is 4.38. The predicted molar refractivity (Wildman–Crippen MR) is 133 cm³/mol. The molecule has 2 aromatic carbocycles. The average Bonchev–Trinajstić information content (AvgIpc) is 3.49. The van der Waals surface area contributed by atoms with Crippen LogP contribution in [-0.4, -0.2) is 58.7 Å². The molecule has 184 valence electrons. The van der Waals surface area contributed by atoms with E-state index in [2.05, 4.69) is 17.1 Å². The summed E-state index contributed by atoms with van der Waals surface area (Å²) in [6.07, 6.45) is 2.36. The number of nitrogens with zero attached hydrogens (tertiary/aromatic N) is 2. The molecule has 0 saturated carbocycles. The Balaban J connectivity index is 1.60. The molecule has 2 aliphatic rings. The topological polar surface area (TPSA) is 113 Å². The van der Waals surface area contributed by atoms with Crippen molar-refractivity contribution in [3.05, 3.63) is 64.3 Å². The first kappa shape index (κ1) is 23.7. The summed E-state index contributed by atoms with van der Waals surface area (Å²) in [6.45, 7) is 2.72. The van der Waals surface area contributed by atoms with Crippen LogP contribution in [0.5, 0.6) is 11.5 Å². The second-order valence-corrected chi connectivity index (χ2v) is 11.6. The van der Waals surface area contributed by atoms with Crippen molar-refractivity contribution in [2.45, 2.75) is 38.3 Å². The Hall–Kier alpha value is -3.04. The van der Waals surface area contributed by atoms with Crippen LogP contribution in [0.1, 0.15) is 53.8 Å².